The summed E-state index contributed by atoms with van der Waals surface area (Å²) in [5.41, 5.74) is 0. The molecule has 1 aliphatic rings. The molecule has 0 unspecified atom stereocenters. The molecule has 1 atom stereocenters. The third kappa shape index (κ3) is 25.5. The van der Waals surface area contributed by atoms with E-state index < -0.39 is 8.32 Å². The maximum absolute atomic E-state index is 7.50. The largest absolute Gasteiger partial charge is 2.00 e. The first-order chi connectivity index (χ1) is 13.2. The molecule has 0 N–H and O–H groups in total. The molecule has 1 aliphatic carbocycles. The Morgan fingerprint density at radius 2 is 1.31 bits per heavy atom. The molecule has 29 heavy (non-hydrogen) atoms. The van der Waals surface area contributed by atoms with Gasteiger partial charge in [0.15, 0.2) is 8.32 Å². The Kier molecular flexibility index (Phi) is 37.0. The number of hydrogen-bond acceptors (Lipinski definition) is 1. The zero-order valence-corrected chi connectivity index (χ0v) is 22.5. The first-order valence-electron chi connectivity index (χ1n) is 8.98. The quantitative estimate of drug-likeness (QED) is 0.130. The summed E-state index contributed by atoms with van der Waals surface area (Å²) in [6.45, 7) is 30.7. The average molecular weight is 586 g/mol. The van der Waals surface area contributed by atoms with Gasteiger partial charge < -0.3 is 4.43 Å². The van der Waals surface area contributed by atoms with Gasteiger partial charge in [-0.15, -0.1) is 0 Å². The summed E-state index contributed by atoms with van der Waals surface area (Å²) in [5, 5.41) is 0.249. The van der Waals surface area contributed by atoms with Crippen LogP contribution in [0.4, 0.5) is 0 Å². The first kappa shape index (κ1) is 39.0. The second kappa shape index (κ2) is 27.5. The Labute approximate surface area is 195 Å². The Bertz CT molecular complexity index is 428. The fraction of sp³-hybridized carbons (Fsp3) is 0.522. The normalized spacial score (nSPS) is 12.6. The molecule has 0 saturated heterocycles. The van der Waals surface area contributed by atoms with Gasteiger partial charge in [-0.25, -0.2) is 0 Å². The molecule has 1 saturated carbocycles. The molecule has 4 nitrogen and oxygen atoms in total. The van der Waals surface area contributed by atoms with Crippen LogP contribution in [0.25, 0.3) is 0 Å². The van der Waals surface area contributed by atoms with Crippen LogP contribution < -0.4 is 0 Å². The van der Waals surface area contributed by atoms with Crippen molar-refractivity contribution in [3.63, 3.8) is 0 Å². The van der Waals surface area contributed by atoms with Crippen LogP contribution in [0, 0.1) is 70.8 Å². The number of unbranched alkanes of at least 4 members (excludes halogenated alkanes) is 2. The molecule has 0 aromatic rings. The van der Waals surface area contributed by atoms with E-state index >= 15 is 0 Å². The fourth-order valence-electron chi connectivity index (χ4n) is 1.71. The third-order valence-electron chi connectivity index (χ3n) is 4.13. The standard InChI is InChI=1S/C15H29OSi.C5H5.3CO.W/c1-8-10-11-13-14(12-9-2)16-17(6,7)15(3,4)5;1-2-4-5-3-1;3*1-2;/h14H,2,8,10-11,13H2,1,3-7H3;1-5H;;;;/q-1;;;;;+2/t14-;;;;;/m1...../s1. The van der Waals surface area contributed by atoms with E-state index in [1.54, 1.807) is 0 Å². The Hall–Kier alpha value is -0.485. The van der Waals surface area contributed by atoms with Gasteiger partial charge in [-0.05, 0) is 56.7 Å². The van der Waals surface area contributed by atoms with Gasteiger partial charge in [-0.1, -0.05) is 47.0 Å². The molecule has 0 aromatic carbocycles. The monoisotopic (exact) mass is 586 g/mol. The van der Waals surface area contributed by atoms with Crippen molar-refractivity contribution in [2.75, 3.05) is 0 Å². The summed E-state index contributed by atoms with van der Waals surface area (Å²) in [6.07, 6.45) is 14.8. The van der Waals surface area contributed by atoms with Crippen LogP contribution in [0.1, 0.15) is 53.4 Å². The van der Waals surface area contributed by atoms with Crippen LogP contribution in [0.2, 0.25) is 18.1 Å². The Morgan fingerprint density at radius 1 is 0.931 bits per heavy atom. The van der Waals surface area contributed by atoms with Gasteiger partial charge in [0.1, 0.15) is 0 Å². The molecule has 1 fully saturated rings. The minimum atomic E-state index is -1.70. The maximum Gasteiger partial charge on any atom is 2.00 e. The summed E-state index contributed by atoms with van der Waals surface area (Å²) >= 11 is 0. The predicted molar refractivity (Wildman–Crippen MR) is 113 cm³/mol. The van der Waals surface area contributed by atoms with Crippen molar-refractivity contribution in [3.05, 3.63) is 59.0 Å². The Morgan fingerprint density at radius 3 is 1.59 bits per heavy atom. The molecule has 159 valence electrons. The molecular formula is C23H34O4SiW+. The summed E-state index contributed by atoms with van der Waals surface area (Å²) in [4.78, 5) is 0. The minimum absolute atomic E-state index is 0. The summed E-state index contributed by atoms with van der Waals surface area (Å²) in [5.74, 6) is 5.89. The Balaban J connectivity index is -0.000000132. The van der Waals surface area contributed by atoms with Crippen LogP contribution in [-0.4, -0.2) is 14.4 Å². The van der Waals surface area contributed by atoms with E-state index in [1.165, 1.54) is 19.3 Å². The summed E-state index contributed by atoms with van der Waals surface area (Å²) < 4.78 is 28.8. The van der Waals surface area contributed by atoms with Crippen molar-refractivity contribution in [2.24, 2.45) is 0 Å². The summed E-state index contributed by atoms with van der Waals surface area (Å²) in [7, 11) is -1.70. The van der Waals surface area contributed by atoms with Gasteiger partial charge in [0.2, 0.25) is 0 Å². The minimum Gasteiger partial charge on any atom is -0.421 e. The van der Waals surface area contributed by atoms with E-state index in [4.69, 9.17) is 18.4 Å². The average Bonchev–Trinajstić information content (AvgIpc) is 3.26. The van der Waals surface area contributed by atoms with Gasteiger partial charge in [-0.2, -0.15) is 6.92 Å². The topological polar surface area (TPSA) is 68.9 Å². The van der Waals surface area contributed by atoms with Gasteiger partial charge in [-0.3, -0.25) is 11.8 Å². The van der Waals surface area contributed by atoms with E-state index in [1.807, 2.05) is 32.1 Å². The molecule has 0 heterocycles. The van der Waals surface area contributed by atoms with Crippen molar-refractivity contribution >= 4 is 8.32 Å². The van der Waals surface area contributed by atoms with Crippen LogP contribution >= 0.6 is 0 Å². The van der Waals surface area contributed by atoms with Crippen molar-refractivity contribution < 1.29 is 39.4 Å². The molecule has 0 aromatic heterocycles. The second-order valence-corrected chi connectivity index (χ2v) is 11.9. The summed E-state index contributed by atoms with van der Waals surface area (Å²) in [6, 6.07) is 0. The maximum atomic E-state index is 7.50. The van der Waals surface area contributed by atoms with Crippen LogP contribution in [0.15, 0.2) is 0 Å². The van der Waals surface area contributed by atoms with Crippen LogP contribution in [0.3, 0.4) is 0 Å². The van der Waals surface area contributed by atoms with Gasteiger partial charge in [0.05, 0.1) is 0 Å². The number of hydrogen-bond donors (Lipinski definition) is 0. The molecule has 0 bridgehead atoms. The molecule has 0 aliphatic heterocycles. The third-order valence-corrected chi connectivity index (χ3v) is 8.62. The van der Waals surface area contributed by atoms with E-state index in [-0.39, 0.29) is 32.2 Å². The first-order valence-corrected chi connectivity index (χ1v) is 11.9. The van der Waals surface area contributed by atoms with E-state index in [0.29, 0.717) is 0 Å². The smallest absolute Gasteiger partial charge is 0.421 e. The molecule has 6 heteroatoms. The SMILES string of the molecule is [C-]#[O+].[C-]#[O+].[C-]#[O+].[CH2-]C#C[C@H](CCCCC)O[Si](C)(C)C(C)(C)C.[CH]1[CH][CH][CH][CH]1.[W+2]. The fourth-order valence-corrected chi connectivity index (χ4v) is 2.95. The van der Waals surface area contributed by atoms with Gasteiger partial charge in [0, 0.05) is 6.10 Å². The van der Waals surface area contributed by atoms with E-state index in [9.17, 15) is 0 Å². The zero-order chi connectivity index (χ0) is 23.1. The van der Waals surface area contributed by atoms with Crippen molar-refractivity contribution in [1.82, 2.24) is 0 Å². The molecular weight excluding hydrogens is 552 g/mol. The molecule has 1 rings (SSSR count). The van der Waals surface area contributed by atoms with Crippen molar-refractivity contribution in [3.8, 4) is 11.8 Å². The number of rotatable bonds is 6. The van der Waals surface area contributed by atoms with Gasteiger partial charge in [0.25, 0.3) is 0 Å². The zero-order valence-electron chi connectivity index (χ0n) is 18.5. The van der Waals surface area contributed by atoms with E-state index in [2.05, 4.69) is 79.5 Å². The van der Waals surface area contributed by atoms with Crippen molar-refractivity contribution in [1.29, 1.82) is 0 Å². The second-order valence-electron chi connectivity index (χ2n) is 7.15. The molecule has 0 spiro atoms. The van der Waals surface area contributed by atoms with Crippen LogP contribution in [0.5, 0.6) is 0 Å². The van der Waals surface area contributed by atoms with Gasteiger partial charge >= 0.3 is 55.0 Å². The predicted octanol–water partition coefficient (Wildman–Crippen LogP) is 5.70. The van der Waals surface area contributed by atoms with Crippen molar-refractivity contribution in [2.45, 2.75) is 77.6 Å². The van der Waals surface area contributed by atoms with Crippen LogP contribution in [-0.2, 0) is 39.4 Å². The molecule has 5 radical (unpaired) electrons. The van der Waals surface area contributed by atoms with E-state index in [0.717, 1.165) is 6.42 Å². The molecule has 0 amide bonds.